The molecule has 1 aromatic heterocycles. The van der Waals surface area contributed by atoms with Crippen LogP contribution in [0.2, 0.25) is 5.02 Å². The Morgan fingerprint density at radius 3 is 2.42 bits per heavy atom. The van der Waals surface area contributed by atoms with Gasteiger partial charge in [0.25, 0.3) is 11.8 Å². The van der Waals surface area contributed by atoms with Crippen molar-refractivity contribution in [1.29, 1.82) is 0 Å². The minimum Gasteiger partial charge on any atom is -0.349 e. The van der Waals surface area contributed by atoms with Crippen molar-refractivity contribution in [3.05, 3.63) is 71.0 Å². The number of carbonyl (C=O) groups excluding carboxylic acids is 2. The van der Waals surface area contributed by atoms with Gasteiger partial charge in [0.2, 0.25) is 0 Å². The highest BCUT2D eigenvalue weighted by Gasteiger charge is 2.31. The van der Waals surface area contributed by atoms with E-state index in [0.29, 0.717) is 0 Å². The Bertz CT molecular complexity index is 853. The molecule has 2 N–H and O–H groups in total. The van der Waals surface area contributed by atoms with Gasteiger partial charge in [0.15, 0.2) is 0 Å². The van der Waals surface area contributed by atoms with Gasteiger partial charge in [-0.25, -0.2) is 0 Å². The maximum atomic E-state index is 12.8. The summed E-state index contributed by atoms with van der Waals surface area (Å²) in [7, 11) is 0. The van der Waals surface area contributed by atoms with E-state index in [1.54, 1.807) is 0 Å². The van der Waals surface area contributed by atoms with E-state index in [2.05, 4.69) is 22.2 Å². The van der Waals surface area contributed by atoms with Crippen LogP contribution in [0.1, 0.15) is 26.3 Å². The number of alkyl halides is 3. The van der Waals surface area contributed by atoms with Gasteiger partial charge in [0.05, 0.1) is 27.4 Å². The fourth-order valence-corrected chi connectivity index (χ4v) is 2.11. The predicted octanol–water partition coefficient (Wildman–Crippen LogP) is 3.92. The van der Waals surface area contributed by atoms with Gasteiger partial charge < -0.3 is 10.6 Å². The van der Waals surface area contributed by atoms with Crippen molar-refractivity contribution in [1.82, 2.24) is 10.3 Å². The van der Waals surface area contributed by atoms with Crippen LogP contribution in [0.4, 0.5) is 18.9 Å². The molecule has 2 amide bonds. The molecule has 9 heteroatoms. The lowest BCUT2D eigenvalue weighted by Gasteiger charge is -2.12. The number of aromatic nitrogens is 1. The summed E-state index contributed by atoms with van der Waals surface area (Å²) in [6, 6.07) is 3.85. The summed E-state index contributed by atoms with van der Waals surface area (Å²) in [6.07, 6.45) is -0.653. The highest BCUT2D eigenvalue weighted by atomic mass is 35.5. The van der Waals surface area contributed by atoms with Gasteiger partial charge in [-0.3, -0.25) is 14.6 Å². The SMILES string of the molecule is C=CCNC(=O)c1cncc(C(=O)Nc2cc(C(F)(F)F)ccc2Cl)c1. The molecule has 2 aromatic rings. The highest BCUT2D eigenvalue weighted by molar-refractivity contribution is 6.34. The molecule has 1 heterocycles. The van der Waals surface area contributed by atoms with Crippen molar-refractivity contribution < 1.29 is 22.8 Å². The molecule has 5 nitrogen and oxygen atoms in total. The van der Waals surface area contributed by atoms with Crippen molar-refractivity contribution in [3.8, 4) is 0 Å². The molecule has 0 fully saturated rings. The number of pyridine rings is 1. The summed E-state index contributed by atoms with van der Waals surface area (Å²) in [6.45, 7) is 3.70. The van der Waals surface area contributed by atoms with Crippen molar-refractivity contribution in [2.24, 2.45) is 0 Å². The van der Waals surface area contributed by atoms with Crippen LogP contribution in [0.5, 0.6) is 0 Å². The summed E-state index contributed by atoms with van der Waals surface area (Å²) < 4.78 is 38.4. The van der Waals surface area contributed by atoms with E-state index >= 15 is 0 Å². The van der Waals surface area contributed by atoms with Crippen LogP contribution < -0.4 is 10.6 Å². The van der Waals surface area contributed by atoms with E-state index in [9.17, 15) is 22.8 Å². The molecule has 0 aliphatic rings. The lowest BCUT2D eigenvalue weighted by Crippen LogP contribution is -2.24. The molecule has 0 spiro atoms. The molecule has 0 aliphatic heterocycles. The van der Waals surface area contributed by atoms with Crippen molar-refractivity contribution in [2.45, 2.75) is 6.18 Å². The van der Waals surface area contributed by atoms with Crippen molar-refractivity contribution in [2.75, 3.05) is 11.9 Å². The quantitative estimate of drug-likeness (QED) is 0.769. The lowest BCUT2D eigenvalue weighted by atomic mass is 10.1. The first-order valence-electron chi connectivity index (χ1n) is 7.24. The summed E-state index contributed by atoms with van der Waals surface area (Å²) in [4.78, 5) is 27.9. The molecule has 0 bridgehead atoms. The average Bonchev–Trinajstić information content (AvgIpc) is 2.60. The lowest BCUT2D eigenvalue weighted by molar-refractivity contribution is -0.137. The average molecular weight is 384 g/mol. The topological polar surface area (TPSA) is 71.1 Å². The van der Waals surface area contributed by atoms with Crippen LogP contribution in [0.25, 0.3) is 0 Å². The maximum Gasteiger partial charge on any atom is 0.416 e. The van der Waals surface area contributed by atoms with Gasteiger partial charge in [0.1, 0.15) is 0 Å². The van der Waals surface area contributed by atoms with Gasteiger partial charge >= 0.3 is 6.18 Å². The van der Waals surface area contributed by atoms with Gasteiger partial charge in [-0.05, 0) is 24.3 Å². The minimum absolute atomic E-state index is 0.00951. The molecule has 0 atom stereocenters. The fourth-order valence-electron chi connectivity index (χ4n) is 1.95. The zero-order valence-corrected chi connectivity index (χ0v) is 14.0. The molecule has 136 valence electrons. The third-order valence-corrected chi connectivity index (χ3v) is 3.54. The van der Waals surface area contributed by atoms with Crippen LogP contribution in [0, 0.1) is 0 Å². The van der Waals surface area contributed by atoms with Gasteiger partial charge in [-0.15, -0.1) is 6.58 Å². The van der Waals surface area contributed by atoms with Crippen LogP contribution in [-0.2, 0) is 6.18 Å². The van der Waals surface area contributed by atoms with E-state index in [1.165, 1.54) is 24.5 Å². The number of halogens is 4. The minimum atomic E-state index is -4.57. The number of nitrogens with zero attached hydrogens (tertiary/aromatic N) is 1. The summed E-state index contributed by atoms with van der Waals surface area (Å²) >= 11 is 5.85. The molecular formula is C17H13ClF3N3O2. The second kappa shape index (κ2) is 8.01. The molecule has 0 saturated heterocycles. The molecule has 1 aromatic carbocycles. The third-order valence-electron chi connectivity index (χ3n) is 3.21. The zero-order valence-electron chi connectivity index (χ0n) is 13.2. The van der Waals surface area contributed by atoms with E-state index in [4.69, 9.17) is 11.6 Å². The largest absolute Gasteiger partial charge is 0.416 e. The normalized spacial score (nSPS) is 10.9. The first-order chi connectivity index (χ1) is 12.2. The molecule has 0 saturated carbocycles. The molecule has 2 rings (SSSR count). The zero-order chi connectivity index (χ0) is 19.3. The number of hydrogen-bond acceptors (Lipinski definition) is 3. The number of nitrogens with one attached hydrogen (secondary N) is 2. The van der Waals surface area contributed by atoms with Crippen LogP contribution in [0.15, 0.2) is 49.3 Å². The first kappa shape index (κ1) is 19.5. The Morgan fingerprint density at radius 2 is 1.81 bits per heavy atom. The summed E-state index contributed by atoms with van der Waals surface area (Å²) in [5, 5.41) is 4.76. The smallest absolute Gasteiger partial charge is 0.349 e. The second-order valence-corrected chi connectivity index (χ2v) is 5.51. The molecule has 0 radical (unpaired) electrons. The number of anilines is 1. The number of amides is 2. The Balaban J connectivity index is 2.23. The summed E-state index contributed by atoms with van der Waals surface area (Å²) in [5.41, 5.74) is -1.04. The number of hydrogen-bond donors (Lipinski definition) is 2. The van der Waals surface area contributed by atoms with Crippen molar-refractivity contribution >= 4 is 29.1 Å². The highest BCUT2D eigenvalue weighted by Crippen LogP contribution is 2.33. The van der Waals surface area contributed by atoms with Gasteiger partial charge in [0, 0.05) is 18.9 Å². The number of carbonyl (C=O) groups is 2. The van der Waals surface area contributed by atoms with Crippen molar-refractivity contribution in [3.63, 3.8) is 0 Å². The van der Waals surface area contributed by atoms with Gasteiger partial charge in [-0.1, -0.05) is 17.7 Å². The predicted molar refractivity (Wildman–Crippen MR) is 91.2 cm³/mol. The number of rotatable bonds is 5. The van der Waals surface area contributed by atoms with Crippen LogP contribution in [-0.4, -0.2) is 23.3 Å². The van der Waals surface area contributed by atoms with E-state index in [-0.39, 0.29) is 28.4 Å². The third kappa shape index (κ3) is 4.82. The molecule has 26 heavy (non-hydrogen) atoms. The maximum absolute atomic E-state index is 12.8. The Morgan fingerprint density at radius 1 is 1.15 bits per heavy atom. The standard InChI is InChI=1S/C17H13ClF3N3O2/c1-2-5-23-15(25)10-6-11(9-22-8-10)16(26)24-14-7-12(17(19,20)21)3-4-13(14)18/h2-4,6-9H,1,5H2,(H,23,25)(H,24,26). The van der Waals surface area contributed by atoms with E-state index < -0.39 is 23.6 Å². The number of benzene rings is 1. The van der Waals surface area contributed by atoms with Crippen LogP contribution >= 0.6 is 11.6 Å². The Hall–Kier alpha value is -2.87. The second-order valence-electron chi connectivity index (χ2n) is 5.11. The monoisotopic (exact) mass is 383 g/mol. The van der Waals surface area contributed by atoms with E-state index in [1.807, 2.05) is 0 Å². The molecule has 0 aliphatic carbocycles. The fraction of sp³-hybridized carbons (Fsp3) is 0.118. The molecule has 0 unspecified atom stereocenters. The van der Waals surface area contributed by atoms with Gasteiger partial charge in [-0.2, -0.15) is 13.2 Å². The van der Waals surface area contributed by atoms with Crippen LogP contribution in [0.3, 0.4) is 0 Å². The first-order valence-corrected chi connectivity index (χ1v) is 7.62. The summed E-state index contributed by atoms with van der Waals surface area (Å²) in [5.74, 6) is -1.22. The Labute approximate surface area is 151 Å². The Kier molecular flexibility index (Phi) is 5.99. The molecular weight excluding hydrogens is 371 g/mol. The van der Waals surface area contributed by atoms with E-state index in [0.717, 1.165) is 18.2 Å².